The monoisotopic (exact) mass is 796 g/mol. The van der Waals surface area contributed by atoms with Gasteiger partial charge in [0.25, 0.3) is 5.91 Å². The predicted molar refractivity (Wildman–Crippen MR) is 219 cm³/mol. The van der Waals surface area contributed by atoms with Crippen LogP contribution in [0, 0.1) is 6.92 Å². The Hall–Kier alpha value is -4.56. The summed E-state index contributed by atoms with van der Waals surface area (Å²) in [6, 6.07) is 19.2. The molecule has 0 spiro atoms. The molecule has 1 unspecified atom stereocenters. The average Bonchev–Trinajstić information content (AvgIpc) is 3.91. The molecule has 0 aliphatic carbocycles. The van der Waals surface area contributed by atoms with Crippen molar-refractivity contribution in [3.05, 3.63) is 93.9 Å². The zero-order chi connectivity index (χ0) is 39.1. The van der Waals surface area contributed by atoms with Crippen LogP contribution < -0.4 is 5.32 Å². The maximum Gasteiger partial charge on any atom is 0.251 e. The summed E-state index contributed by atoms with van der Waals surface area (Å²) < 4.78 is 29.0. The number of hydrogen-bond donors (Lipinski definition) is 2. The number of rotatable bonds is 11. The van der Waals surface area contributed by atoms with E-state index in [-0.39, 0.29) is 18.5 Å². The van der Waals surface area contributed by atoms with Gasteiger partial charge in [0, 0.05) is 91.1 Å². The molecule has 1 atom stereocenters. The normalized spacial score (nSPS) is 17.8. The van der Waals surface area contributed by atoms with Gasteiger partial charge in [-0.2, -0.15) is 9.40 Å². The maximum atomic E-state index is 13.5. The number of piperidine rings is 1. The molecule has 294 valence electrons. The van der Waals surface area contributed by atoms with E-state index in [9.17, 15) is 18.0 Å². The van der Waals surface area contributed by atoms with Crippen molar-refractivity contribution < 1.29 is 18.0 Å². The highest BCUT2D eigenvalue weighted by molar-refractivity contribution is 7.88. The zero-order valence-corrected chi connectivity index (χ0v) is 33.8. The number of hydrogen-bond acceptors (Lipinski definition) is 7. The highest BCUT2D eigenvalue weighted by Gasteiger charge is 2.32. The molecule has 5 aromatic rings. The van der Waals surface area contributed by atoms with Crippen LogP contribution >= 0.6 is 11.6 Å². The Kier molecular flexibility index (Phi) is 10.8. The minimum Gasteiger partial charge on any atom is -0.342 e. The molecule has 0 radical (unpaired) electrons. The number of imidazole rings is 1. The molecule has 0 saturated carbocycles. The Balaban J connectivity index is 1.00. The fourth-order valence-corrected chi connectivity index (χ4v) is 9.55. The molecule has 2 fully saturated rings. The Morgan fingerprint density at radius 3 is 2.59 bits per heavy atom. The van der Waals surface area contributed by atoms with Crippen LogP contribution in [0.4, 0.5) is 0 Å². The summed E-state index contributed by atoms with van der Waals surface area (Å²) in [5.74, 6) is 0.754. The summed E-state index contributed by atoms with van der Waals surface area (Å²) in [6.45, 7) is 9.11. The molecule has 3 aromatic carbocycles. The van der Waals surface area contributed by atoms with Crippen molar-refractivity contribution in [3.8, 4) is 22.4 Å². The van der Waals surface area contributed by atoms with Crippen LogP contribution in [0.1, 0.15) is 78.1 Å². The van der Waals surface area contributed by atoms with Gasteiger partial charge in [-0.1, -0.05) is 35.9 Å². The molecule has 2 amide bonds. The third-order valence-electron chi connectivity index (χ3n) is 11.6. The Bertz CT molecular complexity index is 2400. The first kappa shape index (κ1) is 38.3. The second-order valence-electron chi connectivity index (χ2n) is 15.6. The highest BCUT2D eigenvalue weighted by atomic mass is 35.5. The lowest BCUT2D eigenvalue weighted by Crippen LogP contribution is -2.45. The van der Waals surface area contributed by atoms with Crippen molar-refractivity contribution in [2.45, 2.75) is 77.5 Å². The molecule has 3 aliphatic rings. The Labute approximate surface area is 333 Å². The number of aromatic amines is 1. The summed E-state index contributed by atoms with van der Waals surface area (Å²) in [7, 11) is -3.41. The summed E-state index contributed by atoms with van der Waals surface area (Å²) in [6.07, 6.45) is 6.44. The molecule has 2 aromatic heterocycles. The second kappa shape index (κ2) is 15.8. The smallest absolute Gasteiger partial charge is 0.251 e. The third kappa shape index (κ3) is 8.00. The number of sulfonamides is 1. The fourth-order valence-electron chi connectivity index (χ4n) is 8.54. The summed E-state index contributed by atoms with van der Waals surface area (Å²) in [4.78, 5) is 38.4. The van der Waals surface area contributed by atoms with E-state index in [2.05, 4.69) is 29.8 Å². The van der Waals surface area contributed by atoms with Crippen LogP contribution in [-0.4, -0.2) is 99.1 Å². The van der Waals surface area contributed by atoms with Crippen molar-refractivity contribution >= 4 is 44.5 Å². The van der Waals surface area contributed by atoms with E-state index in [1.165, 1.54) is 10.6 Å². The summed E-state index contributed by atoms with van der Waals surface area (Å²) in [5, 5.41) is 8.75. The van der Waals surface area contributed by atoms with Crippen molar-refractivity contribution in [2.24, 2.45) is 0 Å². The molecule has 2 N–H and O–H groups in total. The summed E-state index contributed by atoms with van der Waals surface area (Å²) in [5.41, 5.74) is 8.47. The van der Waals surface area contributed by atoms with Crippen LogP contribution in [0.15, 0.2) is 60.7 Å². The number of likely N-dealkylation sites (tertiary alicyclic amines) is 2. The highest BCUT2D eigenvalue weighted by Crippen LogP contribution is 2.37. The second-order valence-corrected chi connectivity index (χ2v) is 18.0. The van der Waals surface area contributed by atoms with Crippen molar-refractivity contribution in [1.29, 1.82) is 0 Å². The fraction of sp³-hybridized carbons (Fsp3) is 0.429. The van der Waals surface area contributed by atoms with Gasteiger partial charge in [-0.05, 0) is 93.6 Å². The Morgan fingerprint density at radius 1 is 1.00 bits per heavy atom. The first-order chi connectivity index (χ1) is 26.9. The van der Waals surface area contributed by atoms with Crippen molar-refractivity contribution in [1.82, 2.24) is 39.2 Å². The number of carbonyl (C=O) groups excluding carboxylic acids is 2. The Morgan fingerprint density at radius 2 is 1.82 bits per heavy atom. The van der Waals surface area contributed by atoms with Gasteiger partial charge in [-0.3, -0.25) is 14.3 Å². The first-order valence-corrected chi connectivity index (χ1v) is 21.9. The zero-order valence-electron chi connectivity index (χ0n) is 32.2. The van der Waals surface area contributed by atoms with Gasteiger partial charge in [-0.25, -0.2) is 13.4 Å². The van der Waals surface area contributed by atoms with Gasteiger partial charge in [0.1, 0.15) is 5.82 Å². The number of H-pyrrole nitrogens is 1. The van der Waals surface area contributed by atoms with Crippen LogP contribution in [0.2, 0.25) is 5.02 Å². The predicted octanol–water partition coefficient (Wildman–Crippen LogP) is 6.34. The number of amides is 2. The lowest BCUT2D eigenvalue weighted by molar-refractivity contribution is -0.130. The lowest BCUT2D eigenvalue weighted by atomic mass is 9.97. The van der Waals surface area contributed by atoms with Crippen molar-refractivity contribution in [3.63, 3.8) is 0 Å². The van der Waals surface area contributed by atoms with E-state index < -0.39 is 10.0 Å². The van der Waals surface area contributed by atoms with Crippen molar-refractivity contribution in [2.75, 3.05) is 39.0 Å². The van der Waals surface area contributed by atoms with E-state index in [4.69, 9.17) is 16.7 Å². The standard InChI is InChI=1S/C42H49ClN8O4S/c1-27-10-13-36-37(23-27)46-41(45-36)28(2)44-42(53)31-8-4-7-29(24-31)33-25-30(11-12-35(33)43)40-34-26-49(56(3,54)55)22-16-38(34)51(47-40)19-6-17-48-20-14-32(15-21-48)50-18-5-9-39(50)52/h4,7-8,10-13,23-25,28,32H,5-6,9,14-22,26H2,1-3H3,(H,44,53)(H,45,46). The van der Waals surface area contributed by atoms with E-state index in [1.54, 1.807) is 6.07 Å². The van der Waals surface area contributed by atoms with Crippen LogP contribution in [0.5, 0.6) is 0 Å². The van der Waals surface area contributed by atoms with Gasteiger partial charge >= 0.3 is 0 Å². The number of carbonyl (C=O) groups is 2. The molecular weight excluding hydrogens is 748 g/mol. The molecular formula is C42H49ClN8O4S. The maximum absolute atomic E-state index is 13.5. The molecule has 14 heteroatoms. The van der Waals surface area contributed by atoms with Gasteiger partial charge in [0.05, 0.1) is 29.0 Å². The molecule has 8 rings (SSSR count). The topological polar surface area (TPSA) is 137 Å². The number of aryl methyl sites for hydroxylation is 2. The number of benzene rings is 3. The number of halogens is 1. The van der Waals surface area contributed by atoms with E-state index >= 15 is 0 Å². The quantitative estimate of drug-likeness (QED) is 0.159. The minimum atomic E-state index is -3.41. The first-order valence-electron chi connectivity index (χ1n) is 19.6. The SMILES string of the molecule is Cc1ccc2nc(C(C)NC(=O)c3cccc(-c4cc(-c5nn(CCCN6CCC(N7CCCC7=O)CC6)c6c5CN(S(C)(=O)=O)CC6)ccc4Cl)c3)[nH]c2c1. The van der Waals surface area contributed by atoms with Crippen LogP contribution in [0.3, 0.4) is 0 Å². The number of fused-ring (bicyclic) bond motifs is 2. The van der Waals surface area contributed by atoms with E-state index in [1.807, 2.05) is 68.4 Å². The van der Waals surface area contributed by atoms with Gasteiger partial charge in [-0.15, -0.1) is 0 Å². The largest absolute Gasteiger partial charge is 0.342 e. The molecule has 3 aliphatic heterocycles. The molecule has 12 nitrogen and oxygen atoms in total. The number of nitrogens with zero attached hydrogens (tertiary/aromatic N) is 6. The van der Waals surface area contributed by atoms with E-state index in [0.29, 0.717) is 47.7 Å². The lowest BCUT2D eigenvalue weighted by Gasteiger charge is -2.36. The van der Waals surface area contributed by atoms with Gasteiger partial charge in [0.15, 0.2) is 0 Å². The number of nitrogens with one attached hydrogen (secondary N) is 2. The summed E-state index contributed by atoms with van der Waals surface area (Å²) >= 11 is 6.84. The average molecular weight is 797 g/mol. The molecule has 2 saturated heterocycles. The van der Waals surface area contributed by atoms with Gasteiger partial charge in [0.2, 0.25) is 15.9 Å². The van der Waals surface area contributed by atoms with E-state index in [0.717, 1.165) is 109 Å². The molecule has 5 heterocycles. The molecule has 0 bridgehead atoms. The van der Waals surface area contributed by atoms with Gasteiger partial charge < -0.3 is 20.1 Å². The third-order valence-corrected chi connectivity index (χ3v) is 13.2. The molecule has 56 heavy (non-hydrogen) atoms. The minimum absolute atomic E-state index is 0.233. The van der Waals surface area contributed by atoms with Crippen LogP contribution in [0.25, 0.3) is 33.4 Å². The van der Waals surface area contributed by atoms with Crippen LogP contribution in [-0.2, 0) is 34.3 Å². The number of aromatic nitrogens is 4.